The summed E-state index contributed by atoms with van der Waals surface area (Å²) in [5, 5.41) is 14.8. The minimum Gasteiger partial charge on any atom is -0.481 e. The second-order valence-corrected chi connectivity index (χ2v) is 6.43. The van der Waals surface area contributed by atoms with Crippen LogP contribution in [0.15, 0.2) is 24.3 Å². The van der Waals surface area contributed by atoms with Gasteiger partial charge in [-0.05, 0) is 30.5 Å². The van der Waals surface area contributed by atoms with Crippen LogP contribution in [0.3, 0.4) is 0 Å². The SMILES string of the molecule is NC(=O)NCc1ccc(C(=O)NC2CCCCCCC2C(=O)O)cc1. The zero-order valence-corrected chi connectivity index (χ0v) is 14.2. The molecule has 0 saturated heterocycles. The summed E-state index contributed by atoms with van der Waals surface area (Å²) in [6.07, 6.45) is 5.20. The zero-order valence-electron chi connectivity index (χ0n) is 14.2. The van der Waals surface area contributed by atoms with Crippen molar-refractivity contribution in [3.63, 3.8) is 0 Å². The monoisotopic (exact) mass is 347 g/mol. The van der Waals surface area contributed by atoms with E-state index >= 15 is 0 Å². The summed E-state index contributed by atoms with van der Waals surface area (Å²) in [7, 11) is 0. The molecule has 1 aromatic carbocycles. The van der Waals surface area contributed by atoms with Crippen molar-refractivity contribution in [1.82, 2.24) is 10.6 Å². The minimum absolute atomic E-state index is 0.272. The van der Waals surface area contributed by atoms with Crippen molar-refractivity contribution in [1.29, 1.82) is 0 Å². The van der Waals surface area contributed by atoms with Crippen LogP contribution in [0.1, 0.15) is 54.4 Å². The number of hydrogen-bond acceptors (Lipinski definition) is 3. The van der Waals surface area contributed by atoms with Crippen LogP contribution in [0.4, 0.5) is 4.79 Å². The Kier molecular flexibility index (Phi) is 6.80. The van der Waals surface area contributed by atoms with Gasteiger partial charge >= 0.3 is 12.0 Å². The Hall–Kier alpha value is -2.57. The zero-order chi connectivity index (χ0) is 18.2. The molecule has 2 unspecified atom stereocenters. The first-order valence-electron chi connectivity index (χ1n) is 8.63. The molecule has 1 saturated carbocycles. The van der Waals surface area contributed by atoms with Crippen LogP contribution in [-0.2, 0) is 11.3 Å². The number of carboxylic acid groups (broad SMARTS) is 1. The van der Waals surface area contributed by atoms with E-state index in [4.69, 9.17) is 5.73 Å². The number of rotatable bonds is 5. The Balaban J connectivity index is 2.00. The van der Waals surface area contributed by atoms with E-state index in [9.17, 15) is 19.5 Å². The van der Waals surface area contributed by atoms with E-state index in [0.29, 0.717) is 24.9 Å². The van der Waals surface area contributed by atoms with Gasteiger partial charge in [-0.1, -0.05) is 37.8 Å². The summed E-state index contributed by atoms with van der Waals surface area (Å²) in [5.41, 5.74) is 6.31. The number of carbonyl (C=O) groups excluding carboxylic acids is 2. The molecule has 3 amide bonds. The van der Waals surface area contributed by atoms with Gasteiger partial charge in [0.2, 0.25) is 0 Å². The largest absolute Gasteiger partial charge is 0.481 e. The van der Waals surface area contributed by atoms with Crippen molar-refractivity contribution >= 4 is 17.9 Å². The van der Waals surface area contributed by atoms with Crippen molar-refractivity contribution < 1.29 is 19.5 Å². The number of nitrogens with one attached hydrogen (secondary N) is 2. The molecule has 0 spiro atoms. The van der Waals surface area contributed by atoms with Crippen molar-refractivity contribution in [2.75, 3.05) is 0 Å². The van der Waals surface area contributed by atoms with Crippen molar-refractivity contribution in [3.05, 3.63) is 35.4 Å². The van der Waals surface area contributed by atoms with Gasteiger partial charge in [0.1, 0.15) is 0 Å². The highest BCUT2D eigenvalue weighted by Gasteiger charge is 2.30. The third-order valence-corrected chi connectivity index (χ3v) is 4.58. The quantitative estimate of drug-likeness (QED) is 0.651. The van der Waals surface area contributed by atoms with E-state index < -0.39 is 17.9 Å². The maximum Gasteiger partial charge on any atom is 0.312 e. The van der Waals surface area contributed by atoms with Crippen LogP contribution in [0.5, 0.6) is 0 Å². The lowest BCUT2D eigenvalue weighted by Gasteiger charge is -2.27. The number of urea groups is 1. The summed E-state index contributed by atoms with van der Waals surface area (Å²) in [5.74, 6) is -1.66. The molecule has 25 heavy (non-hydrogen) atoms. The molecule has 7 nitrogen and oxygen atoms in total. The molecule has 7 heteroatoms. The molecule has 1 aliphatic carbocycles. The highest BCUT2D eigenvalue weighted by molar-refractivity contribution is 5.94. The lowest BCUT2D eigenvalue weighted by atomic mass is 9.86. The smallest absolute Gasteiger partial charge is 0.312 e. The molecule has 1 fully saturated rings. The maximum absolute atomic E-state index is 12.5. The summed E-state index contributed by atoms with van der Waals surface area (Å²) in [6, 6.07) is 5.83. The first kappa shape index (κ1) is 18.8. The van der Waals surface area contributed by atoms with Crippen LogP contribution in [0.2, 0.25) is 0 Å². The third kappa shape index (κ3) is 5.77. The molecule has 0 aliphatic heterocycles. The molecule has 0 radical (unpaired) electrons. The van der Waals surface area contributed by atoms with E-state index in [1.165, 1.54) is 0 Å². The maximum atomic E-state index is 12.5. The standard InChI is InChI=1S/C18H25N3O4/c19-18(25)20-11-12-7-9-13(10-8-12)16(22)21-15-6-4-2-1-3-5-14(15)17(23)24/h7-10,14-15H,1-6,11H2,(H,21,22)(H,23,24)(H3,19,20,25). The lowest BCUT2D eigenvalue weighted by molar-refractivity contribution is -0.143. The fourth-order valence-corrected chi connectivity index (χ4v) is 3.17. The van der Waals surface area contributed by atoms with E-state index in [0.717, 1.165) is 31.2 Å². The highest BCUT2D eigenvalue weighted by Crippen LogP contribution is 2.23. The van der Waals surface area contributed by atoms with Crippen LogP contribution in [-0.4, -0.2) is 29.1 Å². The number of hydrogen-bond donors (Lipinski definition) is 4. The van der Waals surface area contributed by atoms with Crippen LogP contribution in [0.25, 0.3) is 0 Å². The Morgan fingerprint density at radius 1 is 1.04 bits per heavy atom. The normalized spacial score (nSPS) is 20.8. The molecular formula is C18H25N3O4. The number of primary amides is 1. The number of nitrogens with two attached hydrogens (primary N) is 1. The predicted molar refractivity (Wildman–Crippen MR) is 92.9 cm³/mol. The van der Waals surface area contributed by atoms with Gasteiger partial charge in [0.05, 0.1) is 5.92 Å². The number of carbonyl (C=O) groups is 3. The van der Waals surface area contributed by atoms with E-state index in [1.807, 2.05) is 0 Å². The highest BCUT2D eigenvalue weighted by atomic mass is 16.4. The number of aliphatic carboxylic acids is 1. The second-order valence-electron chi connectivity index (χ2n) is 6.43. The fourth-order valence-electron chi connectivity index (χ4n) is 3.17. The van der Waals surface area contributed by atoms with Gasteiger partial charge in [-0.2, -0.15) is 0 Å². The number of carboxylic acids is 1. The molecule has 5 N–H and O–H groups in total. The molecule has 2 atom stereocenters. The van der Waals surface area contributed by atoms with Gasteiger partial charge in [0.15, 0.2) is 0 Å². The fraction of sp³-hybridized carbons (Fsp3) is 0.500. The van der Waals surface area contributed by atoms with Crippen LogP contribution in [0, 0.1) is 5.92 Å². The molecule has 0 heterocycles. The molecule has 0 aromatic heterocycles. The Morgan fingerprint density at radius 3 is 2.28 bits per heavy atom. The first-order chi connectivity index (χ1) is 12.0. The van der Waals surface area contributed by atoms with E-state index in [2.05, 4.69) is 10.6 Å². The Morgan fingerprint density at radius 2 is 1.68 bits per heavy atom. The molecule has 1 aliphatic rings. The topological polar surface area (TPSA) is 122 Å². The average molecular weight is 347 g/mol. The van der Waals surface area contributed by atoms with E-state index in [-0.39, 0.29) is 11.9 Å². The van der Waals surface area contributed by atoms with Crippen LogP contribution < -0.4 is 16.4 Å². The Labute approximate surface area is 147 Å². The molecule has 0 bridgehead atoms. The molecule has 136 valence electrons. The molecular weight excluding hydrogens is 322 g/mol. The third-order valence-electron chi connectivity index (χ3n) is 4.58. The lowest BCUT2D eigenvalue weighted by Crippen LogP contribution is -2.43. The summed E-state index contributed by atoms with van der Waals surface area (Å²) in [6.45, 7) is 0.293. The first-order valence-corrected chi connectivity index (χ1v) is 8.63. The summed E-state index contributed by atoms with van der Waals surface area (Å²) < 4.78 is 0. The minimum atomic E-state index is -0.847. The van der Waals surface area contributed by atoms with E-state index in [1.54, 1.807) is 24.3 Å². The second kappa shape index (κ2) is 9.05. The number of benzene rings is 1. The van der Waals surface area contributed by atoms with Crippen molar-refractivity contribution in [3.8, 4) is 0 Å². The van der Waals surface area contributed by atoms with Gasteiger partial charge in [0.25, 0.3) is 5.91 Å². The van der Waals surface area contributed by atoms with Gasteiger partial charge in [-0.15, -0.1) is 0 Å². The summed E-state index contributed by atoms with van der Waals surface area (Å²) in [4.78, 5) is 34.7. The van der Waals surface area contributed by atoms with Crippen molar-refractivity contribution in [2.45, 2.75) is 51.1 Å². The van der Waals surface area contributed by atoms with Gasteiger partial charge in [-0.3, -0.25) is 9.59 Å². The van der Waals surface area contributed by atoms with Crippen molar-refractivity contribution in [2.24, 2.45) is 11.7 Å². The van der Waals surface area contributed by atoms with Gasteiger partial charge < -0.3 is 21.5 Å². The van der Waals surface area contributed by atoms with Gasteiger partial charge in [0, 0.05) is 18.2 Å². The van der Waals surface area contributed by atoms with Gasteiger partial charge in [-0.25, -0.2) is 4.79 Å². The summed E-state index contributed by atoms with van der Waals surface area (Å²) >= 11 is 0. The average Bonchev–Trinajstić information content (AvgIpc) is 2.55. The number of amides is 3. The molecule has 2 rings (SSSR count). The predicted octanol–water partition coefficient (Wildman–Crippen LogP) is 2.01. The Bertz CT molecular complexity index is 615. The molecule has 1 aromatic rings. The van der Waals surface area contributed by atoms with Crippen LogP contribution >= 0.6 is 0 Å².